The van der Waals surface area contributed by atoms with E-state index in [1.54, 1.807) is 29.0 Å². The number of rotatable bonds is 6. The summed E-state index contributed by atoms with van der Waals surface area (Å²) in [5.41, 5.74) is 0.604. The highest BCUT2D eigenvalue weighted by Gasteiger charge is 2.21. The highest BCUT2D eigenvalue weighted by molar-refractivity contribution is 7.12. The number of Topliss-reactive ketones (excluding diaryl/α,β-unsaturated/α-hetero) is 1. The highest BCUT2D eigenvalue weighted by Crippen LogP contribution is 2.19. The van der Waals surface area contributed by atoms with Gasteiger partial charge in [-0.1, -0.05) is 0 Å². The van der Waals surface area contributed by atoms with Gasteiger partial charge in [0.25, 0.3) is 5.91 Å². The van der Waals surface area contributed by atoms with Crippen LogP contribution in [-0.4, -0.2) is 34.2 Å². The first-order chi connectivity index (χ1) is 9.99. The molecule has 112 valence electrons. The average molecular weight is 322 g/mol. The van der Waals surface area contributed by atoms with Crippen molar-refractivity contribution in [1.82, 2.24) is 9.88 Å². The fourth-order valence-electron chi connectivity index (χ4n) is 1.96. The van der Waals surface area contributed by atoms with E-state index >= 15 is 0 Å². The number of carbonyl (C=O) groups is 2. The minimum absolute atomic E-state index is 0.0100. The summed E-state index contributed by atoms with van der Waals surface area (Å²) >= 11 is 2.93. The molecule has 0 radical (unpaired) electrons. The van der Waals surface area contributed by atoms with Gasteiger partial charge >= 0.3 is 0 Å². The van der Waals surface area contributed by atoms with Gasteiger partial charge in [0.05, 0.1) is 9.88 Å². The molecule has 2 aromatic heterocycles. The summed E-state index contributed by atoms with van der Waals surface area (Å²) in [5, 5.41) is 4.72. The highest BCUT2D eigenvalue weighted by atomic mass is 32.1. The van der Waals surface area contributed by atoms with Crippen LogP contribution in [0.1, 0.15) is 45.8 Å². The second-order valence-corrected chi connectivity index (χ2v) is 6.91. The quantitative estimate of drug-likeness (QED) is 0.765. The second-order valence-electron chi connectivity index (χ2n) is 5.02. The summed E-state index contributed by atoms with van der Waals surface area (Å²) in [5.74, 6) is -0.0248. The fourth-order valence-corrected chi connectivity index (χ4v) is 3.47. The Kier molecular flexibility index (Phi) is 5.25. The Balaban J connectivity index is 2.09. The number of hydrogen-bond acceptors (Lipinski definition) is 5. The lowest BCUT2D eigenvalue weighted by Crippen LogP contribution is -2.38. The van der Waals surface area contributed by atoms with Gasteiger partial charge in [-0.15, -0.1) is 22.7 Å². The third-order valence-electron chi connectivity index (χ3n) is 3.15. The van der Waals surface area contributed by atoms with E-state index in [2.05, 4.69) is 4.98 Å². The molecular weight excluding hydrogens is 304 g/mol. The third kappa shape index (κ3) is 3.98. The van der Waals surface area contributed by atoms with Crippen LogP contribution >= 0.6 is 22.7 Å². The Morgan fingerprint density at radius 2 is 2.10 bits per heavy atom. The molecule has 21 heavy (non-hydrogen) atoms. The van der Waals surface area contributed by atoms with Crippen molar-refractivity contribution in [2.45, 2.75) is 33.2 Å². The molecule has 0 unspecified atom stereocenters. The molecule has 0 fully saturated rings. The van der Waals surface area contributed by atoms with E-state index < -0.39 is 0 Å². The number of aromatic nitrogens is 1. The number of thiophene rings is 1. The Morgan fingerprint density at radius 3 is 2.62 bits per heavy atom. The molecule has 0 saturated heterocycles. The molecule has 0 aliphatic carbocycles. The summed E-state index contributed by atoms with van der Waals surface area (Å²) in [7, 11) is 0. The van der Waals surface area contributed by atoms with Crippen LogP contribution in [0.2, 0.25) is 0 Å². The predicted molar refractivity (Wildman–Crippen MR) is 86.3 cm³/mol. The third-order valence-corrected chi connectivity index (χ3v) is 4.91. The smallest absolute Gasteiger partial charge is 0.264 e. The zero-order chi connectivity index (χ0) is 15.4. The van der Waals surface area contributed by atoms with E-state index in [9.17, 15) is 9.59 Å². The Hall–Kier alpha value is -1.53. The molecule has 0 saturated carbocycles. The van der Waals surface area contributed by atoms with Gasteiger partial charge in [0, 0.05) is 41.5 Å². The summed E-state index contributed by atoms with van der Waals surface area (Å²) in [6.45, 7) is 6.15. The van der Waals surface area contributed by atoms with Crippen LogP contribution in [0, 0.1) is 0 Å². The summed E-state index contributed by atoms with van der Waals surface area (Å²) in [6.07, 6.45) is 2.53. The van der Waals surface area contributed by atoms with Crippen LogP contribution in [0.25, 0.3) is 0 Å². The van der Waals surface area contributed by atoms with Gasteiger partial charge in [0.2, 0.25) is 0 Å². The molecule has 0 aromatic carbocycles. The van der Waals surface area contributed by atoms with Crippen LogP contribution < -0.4 is 0 Å². The van der Waals surface area contributed by atoms with Gasteiger partial charge in [0.15, 0.2) is 5.78 Å². The largest absolute Gasteiger partial charge is 0.335 e. The van der Waals surface area contributed by atoms with Crippen molar-refractivity contribution in [2.75, 3.05) is 6.54 Å². The number of thiazole rings is 1. The van der Waals surface area contributed by atoms with Crippen LogP contribution in [0.5, 0.6) is 0 Å². The maximum absolute atomic E-state index is 12.6. The van der Waals surface area contributed by atoms with E-state index in [0.717, 1.165) is 11.4 Å². The fraction of sp³-hybridized carbons (Fsp3) is 0.400. The molecular formula is C15H18N2O2S2. The number of amides is 1. The summed E-state index contributed by atoms with van der Waals surface area (Å²) in [6, 6.07) is 1.80. The molecule has 0 spiro atoms. The van der Waals surface area contributed by atoms with Crippen molar-refractivity contribution in [3.63, 3.8) is 0 Å². The standard InChI is InChI=1S/C15H18N2O2S2/c1-10(2)17(6-4-14-16-5-7-20-14)15(19)13-8-12(9-21-13)11(3)18/h5,7-10H,4,6H2,1-3H3. The molecule has 0 bridgehead atoms. The Bertz CT molecular complexity index is 617. The van der Waals surface area contributed by atoms with E-state index in [1.165, 1.54) is 18.3 Å². The van der Waals surface area contributed by atoms with Crippen molar-refractivity contribution >= 4 is 34.4 Å². The van der Waals surface area contributed by atoms with Crippen LogP contribution in [-0.2, 0) is 6.42 Å². The van der Waals surface area contributed by atoms with E-state index in [0.29, 0.717) is 17.0 Å². The monoisotopic (exact) mass is 322 g/mol. The molecule has 0 atom stereocenters. The molecule has 2 rings (SSSR count). The molecule has 4 nitrogen and oxygen atoms in total. The van der Waals surface area contributed by atoms with Gasteiger partial charge in [-0.25, -0.2) is 4.98 Å². The summed E-state index contributed by atoms with van der Waals surface area (Å²) < 4.78 is 0. The van der Waals surface area contributed by atoms with Gasteiger partial charge in [-0.3, -0.25) is 9.59 Å². The van der Waals surface area contributed by atoms with E-state index in [1.807, 2.05) is 24.1 Å². The first kappa shape index (κ1) is 15.9. The van der Waals surface area contributed by atoms with Crippen molar-refractivity contribution in [3.8, 4) is 0 Å². The molecule has 0 N–H and O–H groups in total. The number of hydrogen-bond donors (Lipinski definition) is 0. The zero-order valence-electron chi connectivity index (χ0n) is 12.3. The van der Waals surface area contributed by atoms with Gasteiger partial charge < -0.3 is 4.90 Å². The lowest BCUT2D eigenvalue weighted by atomic mass is 10.2. The van der Waals surface area contributed by atoms with Crippen LogP contribution in [0.3, 0.4) is 0 Å². The minimum Gasteiger partial charge on any atom is -0.335 e. The Labute approximate surface area is 132 Å². The topological polar surface area (TPSA) is 50.3 Å². The SMILES string of the molecule is CC(=O)c1csc(C(=O)N(CCc2nccs2)C(C)C)c1. The van der Waals surface area contributed by atoms with Crippen molar-refractivity contribution in [1.29, 1.82) is 0 Å². The van der Waals surface area contributed by atoms with Gasteiger partial charge in [0.1, 0.15) is 0 Å². The van der Waals surface area contributed by atoms with Crippen LogP contribution in [0.15, 0.2) is 23.0 Å². The number of carbonyl (C=O) groups excluding carboxylic acids is 2. The van der Waals surface area contributed by atoms with E-state index in [-0.39, 0.29) is 17.7 Å². The lowest BCUT2D eigenvalue weighted by molar-refractivity contribution is 0.0713. The zero-order valence-corrected chi connectivity index (χ0v) is 14.0. The molecule has 0 aliphatic heterocycles. The van der Waals surface area contributed by atoms with Gasteiger partial charge in [-0.05, 0) is 26.8 Å². The van der Waals surface area contributed by atoms with Gasteiger partial charge in [-0.2, -0.15) is 0 Å². The molecule has 2 heterocycles. The predicted octanol–water partition coefficient (Wildman–Crippen LogP) is 3.50. The normalized spacial score (nSPS) is 10.9. The van der Waals surface area contributed by atoms with Crippen LogP contribution in [0.4, 0.5) is 0 Å². The number of nitrogens with zero attached hydrogens (tertiary/aromatic N) is 2. The van der Waals surface area contributed by atoms with Crippen molar-refractivity contribution < 1.29 is 9.59 Å². The summed E-state index contributed by atoms with van der Waals surface area (Å²) in [4.78, 5) is 30.6. The molecule has 2 aromatic rings. The maximum Gasteiger partial charge on any atom is 0.264 e. The average Bonchev–Trinajstić information content (AvgIpc) is 3.09. The first-order valence-corrected chi connectivity index (χ1v) is 8.53. The lowest BCUT2D eigenvalue weighted by Gasteiger charge is -2.25. The van der Waals surface area contributed by atoms with E-state index in [4.69, 9.17) is 0 Å². The maximum atomic E-state index is 12.6. The second kappa shape index (κ2) is 6.95. The Morgan fingerprint density at radius 1 is 1.33 bits per heavy atom. The van der Waals surface area contributed by atoms with Crippen molar-refractivity contribution in [3.05, 3.63) is 38.5 Å². The molecule has 6 heteroatoms. The minimum atomic E-state index is -0.0148. The molecule has 0 aliphatic rings. The van der Waals surface area contributed by atoms with Crippen molar-refractivity contribution in [2.24, 2.45) is 0 Å². The number of ketones is 1. The molecule has 1 amide bonds. The first-order valence-electron chi connectivity index (χ1n) is 6.78.